The molecule has 1 heterocycles. The van der Waals surface area contributed by atoms with Crippen LogP contribution >= 0.6 is 0 Å². The molecule has 4 fully saturated rings. The number of aliphatic hydroxyl groups excluding tert-OH is 1. The molecule has 0 radical (unpaired) electrons. The lowest BCUT2D eigenvalue weighted by Crippen LogP contribution is -2.46. The van der Waals surface area contributed by atoms with Crippen LogP contribution in [0.5, 0.6) is 0 Å². The topological polar surface area (TPSA) is 64.1 Å². The van der Waals surface area contributed by atoms with Gasteiger partial charge in [-0.2, -0.15) is 5.10 Å². The SMILES string of the molecule is Cc1nn(C2C3CC4CC(C3)CC2C4)cc1C(O)CN. The quantitative estimate of drug-likeness (QED) is 0.888. The first-order chi connectivity index (χ1) is 9.65. The lowest BCUT2D eigenvalue weighted by Gasteiger charge is -2.54. The smallest absolute Gasteiger partial charge is 0.0945 e. The maximum Gasteiger partial charge on any atom is 0.0945 e. The van der Waals surface area contributed by atoms with Gasteiger partial charge in [-0.05, 0) is 62.7 Å². The normalized spacial score (nSPS) is 40.2. The monoisotopic (exact) mass is 275 g/mol. The molecule has 20 heavy (non-hydrogen) atoms. The molecule has 4 aliphatic carbocycles. The van der Waals surface area contributed by atoms with Gasteiger partial charge < -0.3 is 10.8 Å². The first kappa shape index (κ1) is 12.8. The summed E-state index contributed by atoms with van der Waals surface area (Å²) < 4.78 is 2.18. The molecule has 1 aromatic rings. The second-order valence-corrected chi connectivity index (χ2v) is 7.32. The maximum absolute atomic E-state index is 10.00. The van der Waals surface area contributed by atoms with E-state index in [1.54, 1.807) is 0 Å². The first-order valence-corrected chi connectivity index (χ1v) is 8.09. The summed E-state index contributed by atoms with van der Waals surface area (Å²) in [4.78, 5) is 0. The molecular formula is C16H25N3O. The Balaban J connectivity index is 1.64. The molecule has 1 unspecified atom stereocenters. The lowest BCUT2D eigenvalue weighted by atomic mass is 9.54. The fourth-order valence-corrected chi connectivity index (χ4v) is 5.43. The Hall–Kier alpha value is -0.870. The largest absolute Gasteiger partial charge is 0.387 e. The summed E-state index contributed by atoms with van der Waals surface area (Å²) >= 11 is 0. The predicted molar refractivity (Wildman–Crippen MR) is 77.1 cm³/mol. The number of hydrogen-bond donors (Lipinski definition) is 2. The van der Waals surface area contributed by atoms with E-state index < -0.39 is 6.10 Å². The molecule has 1 atom stereocenters. The molecule has 3 N–H and O–H groups in total. The molecule has 4 heteroatoms. The molecule has 4 aliphatic rings. The van der Waals surface area contributed by atoms with Gasteiger partial charge in [-0.15, -0.1) is 0 Å². The van der Waals surface area contributed by atoms with Crippen molar-refractivity contribution < 1.29 is 5.11 Å². The van der Waals surface area contributed by atoms with Gasteiger partial charge in [-0.25, -0.2) is 0 Å². The van der Waals surface area contributed by atoms with Crippen molar-refractivity contribution in [2.45, 2.75) is 51.2 Å². The second kappa shape index (κ2) is 4.57. The van der Waals surface area contributed by atoms with Crippen LogP contribution in [0.15, 0.2) is 6.20 Å². The molecular weight excluding hydrogens is 250 g/mol. The Bertz CT molecular complexity index is 482. The minimum atomic E-state index is -0.569. The fraction of sp³-hybridized carbons (Fsp3) is 0.812. The number of nitrogens with two attached hydrogens (primary N) is 1. The highest BCUT2D eigenvalue weighted by Crippen LogP contribution is 2.58. The van der Waals surface area contributed by atoms with Crippen LogP contribution in [-0.2, 0) is 0 Å². The molecule has 4 saturated carbocycles. The Morgan fingerprint density at radius 3 is 2.40 bits per heavy atom. The van der Waals surface area contributed by atoms with Crippen molar-refractivity contribution in [3.05, 3.63) is 17.5 Å². The summed E-state index contributed by atoms with van der Waals surface area (Å²) in [6, 6.07) is 0.570. The molecule has 0 amide bonds. The van der Waals surface area contributed by atoms with Crippen molar-refractivity contribution in [1.82, 2.24) is 9.78 Å². The highest BCUT2D eigenvalue weighted by Gasteiger charge is 2.49. The van der Waals surface area contributed by atoms with E-state index in [1.165, 1.54) is 32.1 Å². The van der Waals surface area contributed by atoms with Crippen LogP contribution in [0.3, 0.4) is 0 Å². The summed E-state index contributed by atoms with van der Waals surface area (Å²) in [6.45, 7) is 2.26. The fourth-order valence-electron chi connectivity index (χ4n) is 5.43. The van der Waals surface area contributed by atoms with Gasteiger partial charge in [0.25, 0.3) is 0 Å². The summed E-state index contributed by atoms with van der Waals surface area (Å²) in [5.41, 5.74) is 7.45. The highest BCUT2D eigenvalue weighted by molar-refractivity contribution is 5.20. The summed E-state index contributed by atoms with van der Waals surface area (Å²) in [7, 11) is 0. The van der Waals surface area contributed by atoms with E-state index >= 15 is 0 Å². The summed E-state index contributed by atoms with van der Waals surface area (Å²) in [6.07, 6.45) is 8.56. The lowest BCUT2D eigenvalue weighted by molar-refractivity contribution is -0.0338. The van der Waals surface area contributed by atoms with Crippen molar-refractivity contribution in [3.63, 3.8) is 0 Å². The van der Waals surface area contributed by atoms with Crippen LogP contribution in [0.2, 0.25) is 0 Å². The maximum atomic E-state index is 10.00. The molecule has 0 saturated heterocycles. The van der Waals surface area contributed by atoms with Crippen LogP contribution < -0.4 is 5.73 Å². The molecule has 4 nitrogen and oxygen atoms in total. The number of hydrogen-bond acceptors (Lipinski definition) is 3. The van der Waals surface area contributed by atoms with E-state index in [4.69, 9.17) is 10.8 Å². The van der Waals surface area contributed by atoms with Gasteiger partial charge in [0.05, 0.1) is 17.8 Å². The zero-order valence-electron chi connectivity index (χ0n) is 12.2. The number of rotatable bonds is 3. The van der Waals surface area contributed by atoms with E-state index in [0.717, 1.165) is 34.9 Å². The Kier molecular flexibility index (Phi) is 2.93. The van der Waals surface area contributed by atoms with Crippen molar-refractivity contribution in [3.8, 4) is 0 Å². The van der Waals surface area contributed by atoms with Crippen molar-refractivity contribution >= 4 is 0 Å². The molecule has 4 bridgehead atoms. The van der Waals surface area contributed by atoms with Gasteiger partial charge in [-0.1, -0.05) is 0 Å². The molecule has 0 spiro atoms. The Morgan fingerprint density at radius 2 is 1.85 bits per heavy atom. The minimum Gasteiger partial charge on any atom is -0.387 e. The van der Waals surface area contributed by atoms with Gasteiger partial charge >= 0.3 is 0 Å². The average molecular weight is 275 g/mol. The van der Waals surface area contributed by atoms with Gasteiger partial charge in [0.1, 0.15) is 0 Å². The van der Waals surface area contributed by atoms with E-state index in [9.17, 15) is 5.11 Å². The third-order valence-corrected chi connectivity index (χ3v) is 6.02. The third-order valence-electron chi connectivity index (χ3n) is 6.02. The summed E-state index contributed by atoms with van der Waals surface area (Å²) in [5, 5.41) is 14.7. The Labute approximate surface area is 120 Å². The van der Waals surface area contributed by atoms with Crippen LogP contribution in [0.4, 0.5) is 0 Å². The molecule has 5 rings (SSSR count). The first-order valence-electron chi connectivity index (χ1n) is 8.09. The van der Waals surface area contributed by atoms with Crippen LogP contribution in [0, 0.1) is 30.6 Å². The third kappa shape index (κ3) is 1.85. The molecule has 1 aromatic heterocycles. The van der Waals surface area contributed by atoms with Crippen LogP contribution in [-0.4, -0.2) is 21.4 Å². The van der Waals surface area contributed by atoms with E-state index in [-0.39, 0.29) is 6.54 Å². The minimum absolute atomic E-state index is 0.272. The van der Waals surface area contributed by atoms with Gasteiger partial charge in [0.15, 0.2) is 0 Å². The van der Waals surface area contributed by atoms with E-state index in [1.807, 2.05) is 6.92 Å². The second-order valence-electron chi connectivity index (χ2n) is 7.32. The van der Waals surface area contributed by atoms with Gasteiger partial charge in [0.2, 0.25) is 0 Å². The predicted octanol–water partition coefficient (Wildman–Crippen LogP) is 2.18. The number of aryl methyl sites for hydroxylation is 1. The van der Waals surface area contributed by atoms with Crippen molar-refractivity contribution in [2.24, 2.45) is 29.4 Å². The zero-order valence-corrected chi connectivity index (χ0v) is 12.2. The molecule has 0 aliphatic heterocycles. The number of aromatic nitrogens is 2. The molecule has 0 aromatic carbocycles. The zero-order chi connectivity index (χ0) is 13.9. The van der Waals surface area contributed by atoms with Crippen LogP contribution in [0.25, 0.3) is 0 Å². The van der Waals surface area contributed by atoms with Crippen LogP contribution in [0.1, 0.15) is 55.5 Å². The average Bonchev–Trinajstić information content (AvgIpc) is 2.78. The van der Waals surface area contributed by atoms with Gasteiger partial charge in [0, 0.05) is 18.3 Å². The van der Waals surface area contributed by atoms with Gasteiger partial charge in [-0.3, -0.25) is 4.68 Å². The summed E-state index contributed by atoms with van der Waals surface area (Å²) in [5.74, 6) is 3.60. The van der Waals surface area contributed by atoms with E-state index in [0.29, 0.717) is 6.04 Å². The standard InChI is InChI=1S/C16H25N3O/c1-9-14(15(20)7-17)8-19(18-9)16-12-3-10-2-11(5-12)6-13(16)4-10/h8,10-13,15-16,20H,2-7,17H2,1H3. The van der Waals surface area contributed by atoms with Crippen molar-refractivity contribution in [2.75, 3.05) is 6.54 Å². The number of aliphatic hydroxyl groups is 1. The Morgan fingerprint density at radius 1 is 1.25 bits per heavy atom. The highest BCUT2D eigenvalue weighted by atomic mass is 16.3. The van der Waals surface area contributed by atoms with Crippen molar-refractivity contribution in [1.29, 1.82) is 0 Å². The molecule has 110 valence electrons. The van der Waals surface area contributed by atoms with E-state index in [2.05, 4.69) is 10.9 Å². The number of nitrogens with zero attached hydrogens (tertiary/aromatic N) is 2.